The third-order valence-corrected chi connectivity index (χ3v) is 3.80. The number of nitrogens with zero attached hydrogens (tertiary/aromatic N) is 3. The molecule has 0 amide bonds. The fourth-order valence-corrected chi connectivity index (χ4v) is 2.47. The van der Waals surface area contributed by atoms with Crippen LogP contribution in [0.3, 0.4) is 0 Å². The molecule has 8 nitrogen and oxygen atoms in total. The van der Waals surface area contributed by atoms with Gasteiger partial charge >= 0.3 is 11.7 Å². The zero-order chi connectivity index (χ0) is 15.6. The van der Waals surface area contributed by atoms with E-state index >= 15 is 0 Å². The van der Waals surface area contributed by atoms with Crippen molar-refractivity contribution in [3.05, 3.63) is 44.0 Å². The van der Waals surface area contributed by atoms with Crippen molar-refractivity contribution < 1.29 is 14.8 Å². The highest BCUT2D eigenvalue weighted by atomic mass is 32.1. The minimum Gasteiger partial charge on any atom is -0.477 e. The number of aromatic nitrogens is 2. The molecule has 0 saturated carbocycles. The maximum atomic E-state index is 11.0. The maximum Gasteiger partial charge on any atom is 0.354 e. The van der Waals surface area contributed by atoms with Gasteiger partial charge in [0.05, 0.1) is 11.0 Å². The van der Waals surface area contributed by atoms with Crippen LogP contribution in [0.1, 0.15) is 34.2 Å². The smallest absolute Gasteiger partial charge is 0.354 e. The monoisotopic (exact) mass is 308 g/mol. The fraction of sp³-hybridized carbons (Fsp3) is 0.250. The Balaban J connectivity index is 2.34. The molecule has 2 heterocycles. The predicted molar refractivity (Wildman–Crippen MR) is 76.7 cm³/mol. The van der Waals surface area contributed by atoms with E-state index in [9.17, 15) is 14.9 Å². The Morgan fingerprint density at radius 3 is 2.71 bits per heavy atom. The van der Waals surface area contributed by atoms with Gasteiger partial charge in [0.2, 0.25) is 5.82 Å². The predicted octanol–water partition coefficient (Wildman–Crippen LogP) is 2.63. The number of carboxylic acids is 1. The lowest BCUT2D eigenvalue weighted by Gasteiger charge is -2.12. The third kappa shape index (κ3) is 3.31. The molecule has 0 fully saturated rings. The number of thiazole rings is 1. The number of aromatic carboxylic acids is 1. The summed E-state index contributed by atoms with van der Waals surface area (Å²) in [6.45, 7) is 3.62. The summed E-state index contributed by atoms with van der Waals surface area (Å²) in [5.41, 5.74) is 0.316. The summed E-state index contributed by atoms with van der Waals surface area (Å²) in [6, 6.07) is 1.90. The lowest BCUT2D eigenvalue weighted by atomic mass is 10.3. The normalized spacial score (nSPS) is 11.9. The van der Waals surface area contributed by atoms with E-state index < -0.39 is 10.9 Å². The number of pyridine rings is 1. The van der Waals surface area contributed by atoms with Gasteiger partial charge in [0.15, 0.2) is 5.69 Å². The molecular formula is C12H12N4O4S. The van der Waals surface area contributed by atoms with Gasteiger partial charge in [0.25, 0.3) is 0 Å². The lowest BCUT2D eigenvalue weighted by Crippen LogP contribution is -2.12. The van der Waals surface area contributed by atoms with Gasteiger partial charge in [-0.1, -0.05) is 0 Å². The molecular weight excluding hydrogens is 296 g/mol. The van der Waals surface area contributed by atoms with Crippen LogP contribution in [0, 0.1) is 17.0 Å². The van der Waals surface area contributed by atoms with Gasteiger partial charge in [0, 0.05) is 17.1 Å². The average molecular weight is 308 g/mol. The van der Waals surface area contributed by atoms with E-state index in [0.29, 0.717) is 0 Å². The lowest BCUT2D eigenvalue weighted by molar-refractivity contribution is -0.384. The van der Waals surface area contributed by atoms with Crippen LogP contribution in [0.2, 0.25) is 0 Å². The molecule has 21 heavy (non-hydrogen) atoms. The van der Waals surface area contributed by atoms with Crippen LogP contribution in [0.4, 0.5) is 11.5 Å². The third-order valence-electron chi connectivity index (χ3n) is 2.65. The standard InChI is InChI=1S/C12H12N4O4S/c1-6-5-21-11(13-6)7(2)14-10-9(16(19)20)4-3-8(15-10)12(17)18/h3-5,7H,1-2H3,(H,14,15)(H,17,18). The van der Waals surface area contributed by atoms with Crippen molar-refractivity contribution in [1.82, 2.24) is 9.97 Å². The zero-order valence-corrected chi connectivity index (χ0v) is 12.0. The van der Waals surface area contributed by atoms with Crippen molar-refractivity contribution in [2.24, 2.45) is 0 Å². The second-order valence-corrected chi connectivity index (χ2v) is 5.21. The molecule has 110 valence electrons. The topological polar surface area (TPSA) is 118 Å². The molecule has 2 aromatic rings. The number of carboxylic acid groups (broad SMARTS) is 1. The number of hydrogen-bond acceptors (Lipinski definition) is 7. The van der Waals surface area contributed by atoms with Crippen LogP contribution in [-0.4, -0.2) is 26.0 Å². The van der Waals surface area contributed by atoms with E-state index in [-0.39, 0.29) is 23.2 Å². The summed E-state index contributed by atoms with van der Waals surface area (Å²) >= 11 is 1.41. The summed E-state index contributed by atoms with van der Waals surface area (Å²) in [7, 11) is 0. The van der Waals surface area contributed by atoms with Gasteiger partial charge in [-0.25, -0.2) is 14.8 Å². The molecule has 2 N–H and O–H groups in total. The Morgan fingerprint density at radius 2 is 2.19 bits per heavy atom. The van der Waals surface area contributed by atoms with Crippen LogP contribution < -0.4 is 5.32 Å². The molecule has 0 aliphatic carbocycles. The highest BCUT2D eigenvalue weighted by Gasteiger charge is 2.21. The second-order valence-electron chi connectivity index (χ2n) is 4.32. The van der Waals surface area contributed by atoms with Gasteiger partial charge in [-0.2, -0.15) is 0 Å². The molecule has 9 heteroatoms. The molecule has 2 aromatic heterocycles. The zero-order valence-electron chi connectivity index (χ0n) is 11.2. The fourth-order valence-electron chi connectivity index (χ4n) is 1.66. The number of anilines is 1. The summed E-state index contributed by atoms with van der Waals surface area (Å²) in [5.74, 6) is -1.33. The Morgan fingerprint density at radius 1 is 1.48 bits per heavy atom. The van der Waals surface area contributed by atoms with Crippen molar-refractivity contribution in [2.75, 3.05) is 5.32 Å². The van der Waals surface area contributed by atoms with Gasteiger partial charge in [-0.15, -0.1) is 11.3 Å². The Hall–Kier alpha value is -2.55. The largest absolute Gasteiger partial charge is 0.477 e. The average Bonchev–Trinajstić information content (AvgIpc) is 2.85. The van der Waals surface area contributed by atoms with Crippen LogP contribution >= 0.6 is 11.3 Å². The van der Waals surface area contributed by atoms with E-state index in [1.807, 2.05) is 12.3 Å². The summed E-state index contributed by atoms with van der Waals surface area (Å²) in [6.07, 6.45) is 0. The van der Waals surface area contributed by atoms with Crippen LogP contribution in [0.15, 0.2) is 17.5 Å². The van der Waals surface area contributed by atoms with E-state index in [1.54, 1.807) is 6.92 Å². The molecule has 0 bridgehead atoms. The second kappa shape index (κ2) is 5.83. The van der Waals surface area contributed by atoms with Crippen LogP contribution in [0.25, 0.3) is 0 Å². The van der Waals surface area contributed by atoms with E-state index in [0.717, 1.165) is 22.8 Å². The first-order valence-electron chi connectivity index (χ1n) is 5.95. The number of hydrogen-bond donors (Lipinski definition) is 2. The van der Waals surface area contributed by atoms with Crippen molar-refractivity contribution >= 4 is 28.8 Å². The van der Waals surface area contributed by atoms with Crippen molar-refractivity contribution in [3.8, 4) is 0 Å². The number of carbonyl (C=O) groups is 1. The Labute approximate surface area is 123 Å². The minimum absolute atomic E-state index is 0.0831. The molecule has 0 saturated heterocycles. The Bertz CT molecular complexity index is 700. The van der Waals surface area contributed by atoms with E-state index in [1.165, 1.54) is 11.3 Å². The highest BCUT2D eigenvalue weighted by Crippen LogP contribution is 2.27. The molecule has 0 aliphatic heterocycles. The molecule has 1 atom stereocenters. The van der Waals surface area contributed by atoms with Gasteiger partial charge in [-0.3, -0.25) is 10.1 Å². The molecule has 2 rings (SSSR count). The van der Waals surface area contributed by atoms with Crippen molar-refractivity contribution in [1.29, 1.82) is 0 Å². The first kappa shape index (κ1) is 14.9. The van der Waals surface area contributed by atoms with Gasteiger partial charge in [0.1, 0.15) is 5.01 Å². The molecule has 0 aromatic carbocycles. The van der Waals surface area contributed by atoms with E-state index in [2.05, 4.69) is 15.3 Å². The van der Waals surface area contributed by atoms with Crippen molar-refractivity contribution in [2.45, 2.75) is 19.9 Å². The minimum atomic E-state index is -1.24. The maximum absolute atomic E-state index is 11.0. The number of aryl methyl sites for hydroxylation is 1. The quantitative estimate of drug-likeness (QED) is 0.643. The number of rotatable bonds is 5. The van der Waals surface area contributed by atoms with Gasteiger partial charge < -0.3 is 10.4 Å². The molecule has 0 spiro atoms. The SMILES string of the molecule is Cc1csc(C(C)Nc2nc(C(=O)O)ccc2[N+](=O)[O-])n1. The first-order chi connectivity index (χ1) is 9.88. The van der Waals surface area contributed by atoms with Crippen molar-refractivity contribution in [3.63, 3.8) is 0 Å². The highest BCUT2D eigenvalue weighted by molar-refractivity contribution is 7.09. The molecule has 0 radical (unpaired) electrons. The summed E-state index contributed by atoms with van der Waals surface area (Å²) < 4.78 is 0. The number of nitro groups is 1. The molecule has 0 aliphatic rings. The first-order valence-corrected chi connectivity index (χ1v) is 6.83. The summed E-state index contributed by atoms with van der Waals surface area (Å²) in [5, 5.41) is 25.4. The Kier molecular flexibility index (Phi) is 4.13. The summed E-state index contributed by atoms with van der Waals surface area (Å²) in [4.78, 5) is 29.4. The van der Waals surface area contributed by atoms with Gasteiger partial charge in [-0.05, 0) is 19.9 Å². The number of nitrogens with one attached hydrogen (secondary N) is 1. The van der Waals surface area contributed by atoms with Crippen LogP contribution in [0.5, 0.6) is 0 Å². The van der Waals surface area contributed by atoms with E-state index in [4.69, 9.17) is 5.11 Å². The van der Waals surface area contributed by atoms with Crippen LogP contribution in [-0.2, 0) is 0 Å². The molecule has 1 unspecified atom stereocenters.